The van der Waals surface area contributed by atoms with Crippen molar-refractivity contribution in [3.8, 4) is 0 Å². The van der Waals surface area contributed by atoms with Crippen LogP contribution in [0.3, 0.4) is 0 Å². The van der Waals surface area contributed by atoms with Crippen LogP contribution in [-0.4, -0.2) is 39.7 Å². The zero-order valence-electron chi connectivity index (χ0n) is 19.0. The molecule has 29 heavy (non-hydrogen) atoms. The van der Waals surface area contributed by atoms with E-state index < -0.39 is 18.4 Å². The van der Waals surface area contributed by atoms with Crippen molar-refractivity contribution in [1.82, 2.24) is 14.8 Å². The quantitative estimate of drug-likeness (QED) is 0.290. The number of rotatable bonds is 12. The second-order valence-electron chi connectivity index (χ2n) is 9.13. The fraction of sp³-hybridized carbons (Fsp3) is 0.750. The predicted molar refractivity (Wildman–Crippen MR) is 125 cm³/mol. The third kappa shape index (κ3) is 6.19. The monoisotopic (exact) mass is 507 g/mol. The molecule has 1 saturated heterocycles. The van der Waals surface area contributed by atoms with E-state index in [0.717, 1.165) is 18.4 Å². The minimum absolute atomic E-state index is 0.102. The maximum atomic E-state index is 6.02. The second-order valence-corrected chi connectivity index (χ2v) is 23.0. The first kappa shape index (κ1) is 23.1. The molecule has 2 aromatic rings. The summed E-state index contributed by atoms with van der Waals surface area (Å²) in [5, 5.41) is 5.83. The van der Waals surface area contributed by atoms with E-state index in [2.05, 4.69) is 42.8 Å². The fourth-order valence-electron chi connectivity index (χ4n) is 4.90. The number of nitrogens with zero attached hydrogens (tertiary/aromatic N) is 3. The van der Waals surface area contributed by atoms with Crippen molar-refractivity contribution in [2.75, 3.05) is 6.61 Å². The summed E-state index contributed by atoms with van der Waals surface area (Å²) in [5.41, 5.74) is 2.55. The molecule has 3 rings (SSSR count). The van der Waals surface area contributed by atoms with E-state index in [1.807, 2.05) is 6.20 Å². The molecule has 1 atom stereocenters. The van der Waals surface area contributed by atoms with Gasteiger partial charge in [-0.05, 0) is 0 Å². The molecule has 0 amide bonds. The molecule has 0 aliphatic carbocycles. The summed E-state index contributed by atoms with van der Waals surface area (Å²) in [4.78, 5) is 4.93. The molecule has 1 aliphatic rings. The Morgan fingerprint density at radius 3 is 2.28 bits per heavy atom. The molecular formula is C24H41N3OSn. The van der Waals surface area contributed by atoms with Crippen LogP contribution in [0.2, 0.25) is 13.3 Å². The van der Waals surface area contributed by atoms with Crippen LogP contribution in [0.5, 0.6) is 0 Å². The van der Waals surface area contributed by atoms with Crippen molar-refractivity contribution in [3.05, 3.63) is 24.2 Å². The van der Waals surface area contributed by atoms with Crippen molar-refractivity contribution in [1.29, 1.82) is 0 Å². The van der Waals surface area contributed by atoms with Gasteiger partial charge in [0.15, 0.2) is 0 Å². The molecule has 0 radical (unpaired) electrons. The van der Waals surface area contributed by atoms with E-state index in [1.165, 1.54) is 80.3 Å². The molecule has 1 aliphatic heterocycles. The van der Waals surface area contributed by atoms with Crippen molar-refractivity contribution >= 4 is 29.3 Å². The predicted octanol–water partition coefficient (Wildman–Crippen LogP) is 7.06. The van der Waals surface area contributed by atoms with Crippen molar-refractivity contribution in [2.24, 2.45) is 0 Å². The second kappa shape index (κ2) is 11.7. The first-order valence-corrected chi connectivity index (χ1v) is 20.2. The summed E-state index contributed by atoms with van der Waals surface area (Å²) in [5.74, 6) is 0. The van der Waals surface area contributed by atoms with Crippen LogP contribution < -0.4 is 0 Å². The van der Waals surface area contributed by atoms with Crippen LogP contribution in [0.4, 0.5) is 0 Å². The van der Waals surface area contributed by atoms with Crippen molar-refractivity contribution in [3.63, 3.8) is 0 Å². The van der Waals surface area contributed by atoms with Gasteiger partial charge < -0.3 is 0 Å². The van der Waals surface area contributed by atoms with Gasteiger partial charge in [-0.2, -0.15) is 0 Å². The summed E-state index contributed by atoms with van der Waals surface area (Å²) < 4.78 is 14.1. The zero-order valence-corrected chi connectivity index (χ0v) is 21.8. The Morgan fingerprint density at radius 2 is 1.69 bits per heavy atom. The molecule has 3 heterocycles. The Balaban J connectivity index is 1.86. The van der Waals surface area contributed by atoms with Gasteiger partial charge in [0.05, 0.1) is 0 Å². The molecule has 0 saturated carbocycles. The van der Waals surface area contributed by atoms with Crippen LogP contribution in [0, 0.1) is 0 Å². The molecule has 0 N–H and O–H groups in total. The van der Waals surface area contributed by atoms with Gasteiger partial charge in [-0.15, -0.1) is 0 Å². The topological polar surface area (TPSA) is 39.9 Å². The van der Waals surface area contributed by atoms with Crippen LogP contribution in [0.25, 0.3) is 10.9 Å². The summed E-state index contributed by atoms with van der Waals surface area (Å²) >= 11 is -2.24. The van der Waals surface area contributed by atoms with E-state index in [4.69, 9.17) is 9.72 Å². The first-order chi connectivity index (χ1) is 14.2. The van der Waals surface area contributed by atoms with Gasteiger partial charge in [0, 0.05) is 0 Å². The molecule has 0 bridgehead atoms. The van der Waals surface area contributed by atoms with Gasteiger partial charge >= 0.3 is 182 Å². The Kier molecular flexibility index (Phi) is 9.29. The summed E-state index contributed by atoms with van der Waals surface area (Å²) in [6, 6.07) is 2.36. The van der Waals surface area contributed by atoms with E-state index in [1.54, 1.807) is 0 Å². The molecule has 162 valence electrons. The molecule has 0 aromatic carbocycles. The third-order valence-corrected chi connectivity index (χ3v) is 22.0. The maximum absolute atomic E-state index is 6.02. The van der Waals surface area contributed by atoms with Crippen LogP contribution in [0.1, 0.15) is 90.5 Å². The standard InChI is InChI=1S/C12H14N3O.3C4H9.Sn/c1-9-6-11-10(7-13-9)8-14-15(11)12-4-2-3-5-16-12;3*1-3-4-2;/h6-8,12H,1-5H2;3*1,3-4H2,2H3;. The number of hydrogen-bond acceptors (Lipinski definition) is 3. The molecular weight excluding hydrogens is 465 g/mol. The average Bonchev–Trinajstić information content (AvgIpc) is 3.18. The van der Waals surface area contributed by atoms with Crippen molar-refractivity contribution in [2.45, 2.75) is 103 Å². The average molecular weight is 506 g/mol. The third-order valence-electron chi connectivity index (χ3n) is 6.70. The Morgan fingerprint density at radius 1 is 1.00 bits per heavy atom. The normalized spacial score (nSPS) is 17.8. The number of fused-ring (bicyclic) bond motifs is 1. The van der Waals surface area contributed by atoms with Gasteiger partial charge in [0.25, 0.3) is 0 Å². The van der Waals surface area contributed by atoms with E-state index >= 15 is 0 Å². The number of ether oxygens (including phenoxy) is 1. The van der Waals surface area contributed by atoms with E-state index in [-0.39, 0.29) is 6.23 Å². The van der Waals surface area contributed by atoms with E-state index in [9.17, 15) is 0 Å². The number of pyridine rings is 1. The summed E-state index contributed by atoms with van der Waals surface area (Å²) in [7, 11) is 0. The van der Waals surface area contributed by atoms with Gasteiger partial charge in [-0.1, -0.05) is 0 Å². The van der Waals surface area contributed by atoms with Gasteiger partial charge in [0.1, 0.15) is 0 Å². The van der Waals surface area contributed by atoms with Gasteiger partial charge in [-0.25, -0.2) is 0 Å². The Labute approximate surface area is 181 Å². The van der Waals surface area contributed by atoms with Crippen molar-refractivity contribution < 1.29 is 4.74 Å². The summed E-state index contributed by atoms with van der Waals surface area (Å²) in [6.45, 7) is 7.91. The van der Waals surface area contributed by atoms with Crippen LogP contribution >= 0.6 is 0 Å². The number of aromatic nitrogens is 3. The fourth-order valence-corrected chi connectivity index (χ4v) is 20.8. The summed E-state index contributed by atoms with van der Waals surface area (Å²) in [6.07, 6.45) is 15.8. The van der Waals surface area contributed by atoms with Crippen LogP contribution in [-0.2, 0) is 9.17 Å². The number of unbranched alkanes of at least 4 members (excludes halogenated alkanes) is 3. The Bertz CT molecular complexity index is 717. The molecule has 0 spiro atoms. The molecule has 5 heteroatoms. The SMILES string of the molecule is CCC[CH2][Sn]([CH2]CCC)([CH2]CCC)[CH2]c1cc2c(cn1)cnn2C1CCCCO1. The van der Waals surface area contributed by atoms with Gasteiger partial charge in [0.2, 0.25) is 0 Å². The molecule has 4 nitrogen and oxygen atoms in total. The Hall–Kier alpha value is -0.621. The van der Waals surface area contributed by atoms with E-state index in [0.29, 0.717) is 0 Å². The zero-order chi connectivity index (χ0) is 20.5. The van der Waals surface area contributed by atoms with Gasteiger partial charge in [-0.3, -0.25) is 0 Å². The molecule has 1 unspecified atom stereocenters. The molecule has 2 aromatic heterocycles. The minimum atomic E-state index is -2.24. The molecule has 1 fully saturated rings. The first-order valence-electron chi connectivity index (χ1n) is 12.1. The van der Waals surface area contributed by atoms with Crippen LogP contribution in [0.15, 0.2) is 18.5 Å². The number of hydrogen-bond donors (Lipinski definition) is 0.